The van der Waals surface area contributed by atoms with E-state index < -0.39 is 5.82 Å². The number of thioether (sulfide) groups is 1. The molecule has 1 N–H and O–H groups in total. The summed E-state index contributed by atoms with van der Waals surface area (Å²) in [5.74, 6) is -1.05. The van der Waals surface area contributed by atoms with E-state index in [1.807, 2.05) is 12.1 Å². The van der Waals surface area contributed by atoms with Crippen LogP contribution in [-0.2, 0) is 9.59 Å². The molecular formula is C26H21FN2O3S2. The Morgan fingerprint density at radius 3 is 2.41 bits per heavy atom. The van der Waals surface area contributed by atoms with Crippen molar-refractivity contribution in [1.82, 2.24) is 4.98 Å². The fourth-order valence-electron chi connectivity index (χ4n) is 7.15. The molecule has 172 valence electrons. The summed E-state index contributed by atoms with van der Waals surface area (Å²) in [6, 6.07) is 13.9. The van der Waals surface area contributed by atoms with Gasteiger partial charge in [-0.15, -0.1) is 11.8 Å². The van der Waals surface area contributed by atoms with Crippen LogP contribution in [0.4, 0.5) is 10.1 Å². The highest BCUT2D eigenvalue weighted by Gasteiger charge is 2.69. The van der Waals surface area contributed by atoms with E-state index in [-0.39, 0.29) is 57.4 Å². The highest BCUT2D eigenvalue weighted by atomic mass is 32.2. The number of aromatic nitrogens is 1. The summed E-state index contributed by atoms with van der Waals surface area (Å²) in [5.41, 5.74) is 2.82. The summed E-state index contributed by atoms with van der Waals surface area (Å²) in [5, 5.41) is 1.08. The van der Waals surface area contributed by atoms with Crippen LogP contribution in [0.15, 0.2) is 58.4 Å². The molecule has 8 heteroatoms. The fourth-order valence-corrected chi connectivity index (χ4v) is 10.0. The maximum atomic E-state index is 13.7. The number of imide groups is 1. The maximum Gasteiger partial charge on any atom is 0.305 e. The van der Waals surface area contributed by atoms with Gasteiger partial charge in [0.2, 0.25) is 11.8 Å². The molecule has 2 aliphatic carbocycles. The molecule has 1 saturated heterocycles. The Balaban J connectivity index is 1.34. The number of benzene rings is 2. The smallest absolute Gasteiger partial charge is 0.305 e. The summed E-state index contributed by atoms with van der Waals surface area (Å²) in [6.07, 6.45) is 0.855. The van der Waals surface area contributed by atoms with Crippen molar-refractivity contribution in [2.24, 2.45) is 29.6 Å². The lowest BCUT2D eigenvalue weighted by atomic mass is 9.67. The highest BCUT2D eigenvalue weighted by molar-refractivity contribution is 8.00. The lowest BCUT2D eigenvalue weighted by molar-refractivity contribution is -0.123. The summed E-state index contributed by atoms with van der Waals surface area (Å²) in [6.45, 7) is 2.09. The van der Waals surface area contributed by atoms with Crippen molar-refractivity contribution in [3.05, 3.63) is 80.0 Å². The zero-order valence-corrected chi connectivity index (χ0v) is 19.9. The third-order valence-corrected chi connectivity index (χ3v) is 10.9. The van der Waals surface area contributed by atoms with Crippen LogP contribution in [0.1, 0.15) is 28.3 Å². The van der Waals surface area contributed by atoms with Crippen LogP contribution in [-0.4, -0.2) is 22.0 Å². The van der Waals surface area contributed by atoms with Crippen LogP contribution in [0.25, 0.3) is 0 Å². The molecule has 5 nitrogen and oxygen atoms in total. The molecule has 3 heterocycles. The Hall–Kier alpha value is -2.71. The summed E-state index contributed by atoms with van der Waals surface area (Å²) >= 11 is 2.96. The van der Waals surface area contributed by atoms with Gasteiger partial charge in [-0.3, -0.25) is 19.3 Å². The van der Waals surface area contributed by atoms with Crippen molar-refractivity contribution in [2.75, 3.05) is 4.90 Å². The van der Waals surface area contributed by atoms with Crippen molar-refractivity contribution in [3.8, 4) is 0 Å². The van der Waals surface area contributed by atoms with Crippen molar-refractivity contribution in [3.63, 3.8) is 0 Å². The fraction of sp³-hybridized carbons (Fsp3) is 0.346. The normalized spacial score (nSPS) is 33.2. The van der Waals surface area contributed by atoms with Gasteiger partial charge in [-0.05, 0) is 66.5 Å². The standard InChI is InChI=1S/C26H21FN2O3S2/c1-11-4-2-3-5-14(11)17-18-15-10-16(21(18)33-23-22(17)34-26(32)28-23)20-19(15)24(30)29(25(20)31)13-8-6-12(27)7-9-13/h2-9,15-21H,10H2,1H3,(H,28,32)/t15-,16+,17+,18+,19+,20+,21-/m1/s1. The second kappa shape index (κ2) is 7.15. The van der Waals surface area contributed by atoms with E-state index in [9.17, 15) is 18.8 Å². The molecule has 2 bridgehead atoms. The summed E-state index contributed by atoms with van der Waals surface area (Å²) in [7, 11) is 0. The molecule has 3 aromatic rings. The Bertz CT molecular complexity index is 1410. The molecular weight excluding hydrogens is 471 g/mol. The van der Waals surface area contributed by atoms with Gasteiger partial charge in [0.1, 0.15) is 5.82 Å². The molecule has 1 aromatic heterocycles. The minimum Gasteiger partial charge on any atom is -0.307 e. The Morgan fingerprint density at radius 1 is 0.971 bits per heavy atom. The minimum absolute atomic E-state index is 0.0325. The molecule has 2 aromatic carbocycles. The molecule has 2 amide bonds. The number of carbonyl (C=O) groups excluding carboxylic acids is 2. The average molecular weight is 493 g/mol. The number of nitrogens with one attached hydrogen (secondary N) is 1. The van der Waals surface area contributed by atoms with Crippen LogP contribution in [0, 0.1) is 42.3 Å². The third-order valence-electron chi connectivity index (χ3n) is 8.33. The second-order valence-corrected chi connectivity index (χ2v) is 12.0. The first-order valence-electron chi connectivity index (χ1n) is 11.5. The van der Waals surface area contributed by atoms with E-state index in [0.717, 1.165) is 16.3 Å². The van der Waals surface area contributed by atoms with E-state index in [1.165, 1.54) is 51.6 Å². The van der Waals surface area contributed by atoms with Crippen LogP contribution >= 0.6 is 23.1 Å². The van der Waals surface area contributed by atoms with Crippen LogP contribution < -0.4 is 9.77 Å². The predicted octanol–water partition coefficient (Wildman–Crippen LogP) is 4.56. The largest absolute Gasteiger partial charge is 0.307 e. The number of amides is 2. The Kier molecular flexibility index (Phi) is 4.34. The second-order valence-electron chi connectivity index (χ2n) is 9.81. The molecule has 7 rings (SSSR count). The molecule has 0 spiro atoms. The number of hydrogen-bond acceptors (Lipinski definition) is 5. The monoisotopic (exact) mass is 492 g/mol. The lowest BCUT2D eigenvalue weighted by Gasteiger charge is -2.43. The van der Waals surface area contributed by atoms with Crippen LogP contribution in [0.5, 0.6) is 0 Å². The number of hydrogen-bond donors (Lipinski definition) is 1. The van der Waals surface area contributed by atoms with Gasteiger partial charge in [0, 0.05) is 16.0 Å². The number of aromatic amines is 1. The van der Waals surface area contributed by atoms with Crippen molar-refractivity contribution in [2.45, 2.75) is 29.5 Å². The quantitative estimate of drug-likeness (QED) is 0.533. The number of halogens is 1. The number of nitrogens with zero attached hydrogens (tertiary/aromatic N) is 1. The van der Waals surface area contributed by atoms with Gasteiger partial charge in [-0.1, -0.05) is 35.6 Å². The van der Waals surface area contributed by atoms with Gasteiger partial charge < -0.3 is 4.98 Å². The number of thiazole rings is 1. The molecule has 0 unspecified atom stereocenters. The van der Waals surface area contributed by atoms with E-state index >= 15 is 0 Å². The number of carbonyl (C=O) groups is 2. The van der Waals surface area contributed by atoms with Gasteiger partial charge in [0.15, 0.2) is 0 Å². The van der Waals surface area contributed by atoms with Gasteiger partial charge in [0.05, 0.1) is 22.5 Å². The van der Waals surface area contributed by atoms with Gasteiger partial charge in [0.25, 0.3) is 0 Å². The number of rotatable bonds is 2. The molecule has 3 fully saturated rings. The van der Waals surface area contributed by atoms with Crippen molar-refractivity contribution in [1.29, 1.82) is 0 Å². The lowest BCUT2D eigenvalue weighted by Crippen LogP contribution is -2.42. The van der Waals surface area contributed by atoms with Crippen LogP contribution in [0.2, 0.25) is 0 Å². The summed E-state index contributed by atoms with van der Waals surface area (Å²) in [4.78, 5) is 44.9. The zero-order valence-electron chi connectivity index (χ0n) is 18.2. The maximum absolute atomic E-state index is 13.7. The van der Waals surface area contributed by atoms with Crippen LogP contribution in [0.3, 0.4) is 0 Å². The van der Waals surface area contributed by atoms with E-state index in [4.69, 9.17) is 0 Å². The molecule has 2 aliphatic heterocycles. The van der Waals surface area contributed by atoms with Crippen molar-refractivity contribution >= 4 is 40.6 Å². The molecule has 4 aliphatic rings. The predicted molar refractivity (Wildman–Crippen MR) is 129 cm³/mol. The molecule has 2 saturated carbocycles. The van der Waals surface area contributed by atoms with Gasteiger partial charge in [-0.2, -0.15) is 0 Å². The summed E-state index contributed by atoms with van der Waals surface area (Å²) < 4.78 is 13.5. The minimum atomic E-state index is -0.397. The number of H-pyrrole nitrogens is 1. The van der Waals surface area contributed by atoms with E-state index in [0.29, 0.717) is 5.69 Å². The SMILES string of the molecule is Cc1ccccc1[C@@H]1c2sc(=O)[nH]c2S[C@@H]2[C@H]3C[C@@H]([C@@H]4C(=O)N(c5ccc(F)cc5)C(=O)[C@@H]34)[C@@H]12. The van der Waals surface area contributed by atoms with Gasteiger partial charge in [-0.25, -0.2) is 4.39 Å². The first-order chi connectivity index (χ1) is 16.4. The molecule has 7 atom stereocenters. The average Bonchev–Trinajstić information content (AvgIpc) is 3.54. The van der Waals surface area contributed by atoms with E-state index in [1.54, 1.807) is 11.8 Å². The van der Waals surface area contributed by atoms with E-state index in [2.05, 4.69) is 24.0 Å². The van der Waals surface area contributed by atoms with Crippen molar-refractivity contribution < 1.29 is 14.0 Å². The number of aryl methyl sites for hydroxylation is 1. The number of fused-ring (bicyclic) bond motifs is 9. The first-order valence-corrected chi connectivity index (χ1v) is 13.2. The zero-order chi connectivity index (χ0) is 23.3. The highest BCUT2D eigenvalue weighted by Crippen LogP contribution is 2.68. The van der Waals surface area contributed by atoms with Gasteiger partial charge >= 0.3 is 4.87 Å². The Labute approximate surface area is 203 Å². The molecule has 34 heavy (non-hydrogen) atoms. The first kappa shape index (κ1) is 20.6. The third kappa shape index (κ3) is 2.64. The topological polar surface area (TPSA) is 70.2 Å². The number of anilines is 1. The Morgan fingerprint density at radius 2 is 1.68 bits per heavy atom. The molecule has 0 radical (unpaired) electrons.